The van der Waals surface area contributed by atoms with Gasteiger partial charge in [-0.25, -0.2) is 4.39 Å². The molecule has 0 saturated carbocycles. The van der Waals surface area contributed by atoms with Gasteiger partial charge in [0.25, 0.3) is 0 Å². The summed E-state index contributed by atoms with van der Waals surface area (Å²) in [5, 5.41) is 0.657. The van der Waals surface area contributed by atoms with Crippen LogP contribution in [-0.2, 0) is 0 Å². The van der Waals surface area contributed by atoms with E-state index in [0.717, 1.165) is 11.1 Å². The van der Waals surface area contributed by atoms with E-state index in [4.69, 9.17) is 10.5 Å². The molecule has 0 unspecified atom stereocenters. The van der Waals surface area contributed by atoms with Gasteiger partial charge in [0.05, 0.1) is 17.4 Å². The van der Waals surface area contributed by atoms with Crippen molar-refractivity contribution in [2.45, 2.75) is 6.92 Å². The maximum Gasteiger partial charge on any atom is 0.248 e. The minimum atomic E-state index is -0.462. The van der Waals surface area contributed by atoms with E-state index in [1.165, 1.54) is 12.3 Å². The summed E-state index contributed by atoms with van der Waals surface area (Å²) in [6, 6.07) is 15.6. The Kier molecular flexibility index (Phi) is 4.45. The van der Waals surface area contributed by atoms with Crippen molar-refractivity contribution >= 4 is 16.8 Å². The van der Waals surface area contributed by atoms with Crippen LogP contribution in [0.2, 0.25) is 0 Å². The fraction of sp³-hybridized carbons (Fsp3) is 0.0455. The second-order valence-electron chi connectivity index (χ2n) is 6.38. The maximum absolute atomic E-state index is 13.4. The van der Waals surface area contributed by atoms with Crippen LogP contribution in [0.3, 0.4) is 0 Å². The molecule has 0 bridgehead atoms. The lowest BCUT2D eigenvalue weighted by Gasteiger charge is -2.09. The van der Waals surface area contributed by atoms with E-state index >= 15 is 0 Å². The van der Waals surface area contributed by atoms with Crippen molar-refractivity contribution in [3.8, 4) is 22.8 Å². The predicted octanol–water partition coefficient (Wildman–Crippen LogP) is 4.64. The molecule has 2 heterocycles. The van der Waals surface area contributed by atoms with Crippen LogP contribution in [0.1, 0.15) is 15.9 Å². The van der Waals surface area contributed by atoms with Crippen molar-refractivity contribution in [1.82, 2.24) is 9.97 Å². The summed E-state index contributed by atoms with van der Waals surface area (Å²) in [7, 11) is 0. The highest BCUT2D eigenvalue weighted by Crippen LogP contribution is 2.28. The molecule has 0 aliphatic rings. The summed E-state index contributed by atoms with van der Waals surface area (Å²) in [5.74, 6) is 0.296. The monoisotopic (exact) mass is 373 g/mol. The van der Waals surface area contributed by atoms with Crippen LogP contribution in [-0.4, -0.2) is 15.9 Å². The van der Waals surface area contributed by atoms with Crippen LogP contribution in [0.5, 0.6) is 11.5 Å². The Labute approximate surface area is 160 Å². The lowest BCUT2D eigenvalue weighted by Crippen LogP contribution is -2.12. The highest BCUT2D eigenvalue weighted by molar-refractivity contribution is 5.94. The summed E-state index contributed by atoms with van der Waals surface area (Å²) in [5.41, 5.74) is 8.85. The van der Waals surface area contributed by atoms with Gasteiger partial charge in [0.15, 0.2) is 0 Å². The molecule has 0 aliphatic carbocycles. The molecule has 4 rings (SSSR count). The number of hydrogen-bond acceptors (Lipinski definition) is 4. The zero-order chi connectivity index (χ0) is 19.7. The number of carbonyl (C=O) groups excluding carboxylic acids is 1. The number of fused-ring (bicyclic) bond motifs is 1. The molecule has 0 aliphatic heterocycles. The third-order valence-corrected chi connectivity index (χ3v) is 4.37. The highest BCUT2D eigenvalue weighted by Gasteiger charge is 2.09. The number of benzene rings is 2. The molecule has 2 N–H and O–H groups in total. The molecule has 138 valence electrons. The van der Waals surface area contributed by atoms with Crippen LogP contribution < -0.4 is 10.5 Å². The molecule has 28 heavy (non-hydrogen) atoms. The Balaban J connectivity index is 1.64. The van der Waals surface area contributed by atoms with E-state index in [-0.39, 0.29) is 0 Å². The number of aromatic nitrogens is 2. The van der Waals surface area contributed by atoms with Gasteiger partial charge in [-0.3, -0.25) is 14.8 Å². The van der Waals surface area contributed by atoms with Gasteiger partial charge in [0, 0.05) is 28.8 Å². The summed E-state index contributed by atoms with van der Waals surface area (Å²) < 4.78 is 19.3. The molecule has 0 atom stereocenters. The number of halogens is 1. The number of rotatable bonds is 4. The number of primary amides is 1. The van der Waals surface area contributed by atoms with Crippen molar-refractivity contribution in [2.24, 2.45) is 5.73 Å². The number of amides is 1. The fourth-order valence-electron chi connectivity index (χ4n) is 3.01. The van der Waals surface area contributed by atoms with Gasteiger partial charge in [-0.1, -0.05) is 6.07 Å². The maximum atomic E-state index is 13.4. The predicted molar refractivity (Wildman–Crippen MR) is 105 cm³/mol. The van der Waals surface area contributed by atoms with Crippen LogP contribution in [0.15, 0.2) is 67.0 Å². The van der Waals surface area contributed by atoms with Gasteiger partial charge in [0.2, 0.25) is 5.91 Å². The van der Waals surface area contributed by atoms with E-state index in [1.807, 2.05) is 13.0 Å². The second kappa shape index (κ2) is 7.08. The van der Waals surface area contributed by atoms with Crippen molar-refractivity contribution in [2.75, 3.05) is 0 Å². The summed E-state index contributed by atoms with van der Waals surface area (Å²) in [4.78, 5) is 19.8. The van der Waals surface area contributed by atoms with E-state index in [1.54, 1.807) is 48.7 Å². The number of pyridine rings is 2. The average Bonchev–Trinajstić information content (AvgIpc) is 2.67. The first-order valence-electron chi connectivity index (χ1n) is 8.60. The molecular formula is C22H16FN3O2. The lowest BCUT2D eigenvalue weighted by atomic mass is 10.0. The summed E-state index contributed by atoms with van der Waals surface area (Å²) in [6.45, 7) is 1.83. The minimum Gasteiger partial charge on any atom is -0.457 e. The quantitative estimate of drug-likeness (QED) is 0.565. The lowest BCUT2D eigenvalue weighted by molar-refractivity contribution is 0.0999. The number of nitrogens with two attached hydrogens (primary N) is 1. The number of nitrogens with zero attached hydrogens (tertiary/aromatic N) is 2. The van der Waals surface area contributed by atoms with Crippen LogP contribution in [0.25, 0.3) is 22.2 Å². The van der Waals surface area contributed by atoms with Crippen molar-refractivity contribution < 1.29 is 13.9 Å². The van der Waals surface area contributed by atoms with E-state index in [2.05, 4.69) is 9.97 Å². The normalized spacial score (nSPS) is 10.8. The largest absolute Gasteiger partial charge is 0.457 e. The minimum absolute atomic E-state index is 0.398. The van der Waals surface area contributed by atoms with Crippen molar-refractivity contribution in [3.05, 3.63) is 83.9 Å². The zero-order valence-corrected chi connectivity index (χ0v) is 15.0. The average molecular weight is 373 g/mol. The molecule has 5 nitrogen and oxygen atoms in total. The smallest absolute Gasteiger partial charge is 0.248 e. The van der Waals surface area contributed by atoms with Crippen LogP contribution in [0.4, 0.5) is 4.39 Å². The summed E-state index contributed by atoms with van der Waals surface area (Å²) in [6.07, 6.45) is 2.83. The van der Waals surface area contributed by atoms with E-state index in [9.17, 15) is 9.18 Å². The summed E-state index contributed by atoms with van der Waals surface area (Å²) >= 11 is 0. The molecule has 4 aromatic rings. The third-order valence-electron chi connectivity index (χ3n) is 4.37. The molecule has 0 saturated heterocycles. The van der Waals surface area contributed by atoms with Gasteiger partial charge < -0.3 is 10.5 Å². The molecule has 2 aromatic carbocycles. The van der Waals surface area contributed by atoms with E-state index < -0.39 is 11.7 Å². The van der Waals surface area contributed by atoms with Crippen LogP contribution in [0, 0.1) is 12.7 Å². The van der Waals surface area contributed by atoms with Gasteiger partial charge in [-0.05, 0) is 55.0 Å². The zero-order valence-electron chi connectivity index (χ0n) is 15.0. The molecule has 0 radical (unpaired) electrons. The first kappa shape index (κ1) is 17.6. The SMILES string of the molecule is Cc1cc(-c2cc(Oc3ccc4ncc(F)cc4c3)ccn2)ccc1C(N)=O. The number of aryl methyl sites for hydroxylation is 1. The van der Waals surface area contributed by atoms with Crippen LogP contribution >= 0.6 is 0 Å². The highest BCUT2D eigenvalue weighted by atomic mass is 19.1. The Morgan fingerprint density at radius 3 is 2.61 bits per heavy atom. The Hall–Kier alpha value is -3.80. The topological polar surface area (TPSA) is 78.1 Å². The molecular weight excluding hydrogens is 357 g/mol. The number of carbonyl (C=O) groups is 1. The fourth-order valence-corrected chi connectivity index (χ4v) is 3.01. The molecule has 0 spiro atoms. The van der Waals surface area contributed by atoms with E-state index in [0.29, 0.717) is 33.7 Å². The first-order valence-corrected chi connectivity index (χ1v) is 8.60. The Bertz CT molecular complexity index is 1210. The molecule has 6 heteroatoms. The van der Waals surface area contributed by atoms with Crippen molar-refractivity contribution in [3.63, 3.8) is 0 Å². The third kappa shape index (κ3) is 3.53. The van der Waals surface area contributed by atoms with Crippen molar-refractivity contribution in [1.29, 1.82) is 0 Å². The number of ether oxygens (including phenoxy) is 1. The Morgan fingerprint density at radius 2 is 1.82 bits per heavy atom. The molecule has 2 aromatic heterocycles. The number of hydrogen-bond donors (Lipinski definition) is 1. The van der Waals surface area contributed by atoms with Gasteiger partial charge in [-0.15, -0.1) is 0 Å². The second-order valence-corrected chi connectivity index (χ2v) is 6.38. The molecule has 1 amide bonds. The first-order chi connectivity index (χ1) is 13.5. The Morgan fingerprint density at radius 1 is 1.00 bits per heavy atom. The van der Waals surface area contributed by atoms with Gasteiger partial charge >= 0.3 is 0 Å². The molecule has 0 fully saturated rings. The van der Waals surface area contributed by atoms with Gasteiger partial charge in [0.1, 0.15) is 17.3 Å². The standard InChI is InChI=1S/C22H16FN3O2/c1-13-8-14(2-4-19(13)22(24)27)21-11-18(6-7-25-21)28-17-3-5-20-15(10-17)9-16(23)12-26-20/h2-12H,1H3,(H2,24,27). The van der Waals surface area contributed by atoms with Gasteiger partial charge in [-0.2, -0.15) is 0 Å².